The molecule has 0 bridgehead atoms. The van der Waals surface area contributed by atoms with Gasteiger partial charge in [-0.25, -0.2) is 8.42 Å². The Kier molecular flexibility index (Phi) is 3.16. The van der Waals surface area contributed by atoms with E-state index in [2.05, 4.69) is 0 Å². The van der Waals surface area contributed by atoms with E-state index in [-0.39, 0.29) is 4.90 Å². The Morgan fingerprint density at radius 2 is 1.89 bits per heavy atom. The zero-order valence-corrected chi connectivity index (χ0v) is 11.7. The zero-order chi connectivity index (χ0) is 13.5. The first-order valence-corrected chi connectivity index (χ1v) is 7.35. The first kappa shape index (κ1) is 13.0. The van der Waals surface area contributed by atoms with Crippen molar-refractivity contribution in [3.8, 4) is 11.5 Å². The molecule has 1 aromatic heterocycles. The second kappa shape index (κ2) is 4.37. The number of fused-ring (bicyclic) bond motifs is 1. The van der Waals surface area contributed by atoms with Crippen molar-refractivity contribution in [3.63, 3.8) is 0 Å². The molecule has 0 spiro atoms. The Hall–Kier alpha value is -1.40. The minimum absolute atomic E-state index is 0.0406. The van der Waals surface area contributed by atoms with Crippen LogP contribution < -0.4 is 9.47 Å². The Morgan fingerprint density at radius 3 is 2.39 bits per heavy atom. The van der Waals surface area contributed by atoms with Gasteiger partial charge in [-0.05, 0) is 6.07 Å². The van der Waals surface area contributed by atoms with E-state index in [1.54, 1.807) is 23.7 Å². The van der Waals surface area contributed by atoms with Crippen LogP contribution in [0.25, 0.3) is 10.9 Å². The Bertz CT molecular complexity index is 705. The Morgan fingerprint density at radius 1 is 1.22 bits per heavy atom. The molecule has 2 aromatic rings. The lowest BCUT2D eigenvalue weighted by Crippen LogP contribution is -1.92. The van der Waals surface area contributed by atoms with Crippen molar-refractivity contribution in [2.24, 2.45) is 7.05 Å². The van der Waals surface area contributed by atoms with E-state index in [4.69, 9.17) is 20.2 Å². The molecule has 0 saturated carbocycles. The van der Waals surface area contributed by atoms with E-state index in [0.29, 0.717) is 22.4 Å². The van der Waals surface area contributed by atoms with Gasteiger partial charge in [-0.2, -0.15) is 0 Å². The number of aryl methyl sites for hydroxylation is 1. The lowest BCUT2D eigenvalue weighted by Gasteiger charge is -2.07. The van der Waals surface area contributed by atoms with Crippen LogP contribution in [-0.2, 0) is 16.1 Å². The fourth-order valence-electron chi connectivity index (χ4n) is 1.91. The van der Waals surface area contributed by atoms with Crippen LogP contribution in [0.1, 0.15) is 0 Å². The molecule has 98 valence electrons. The van der Waals surface area contributed by atoms with Crippen molar-refractivity contribution in [3.05, 3.63) is 18.3 Å². The molecule has 5 nitrogen and oxygen atoms in total. The zero-order valence-electron chi connectivity index (χ0n) is 10.1. The van der Waals surface area contributed by atoms with Crippen molar-refractivity contribution in [2.45, 2.75) is 4.90 Å². The monoisotopic (exact) mass is 289 g/mol. The molecule has 0 unspecified atom stereocenters. The van der Waals surface area contributed by atoms with Gasteiger partial charge >= 0.3 is 0 Å². The normalized spacial score (nSPS) is 11.8. The summed E-state index contributed by atoms with van der Waals surface area (Å²) in [5, 5.41) is 0.476. The van der Waals surface area contributed by atoms with Gasteiger partial charge in [0, 0.05) is 35.4 Å². The summed E-state index contributed by atoms with van der Waals surface area (Å²) in [6.45, 7) is 0. The van der Waals surface area contributed by atoms with Crippen LogP contribution in [0.15, 0.2) is 23.2 Å². The molecule has 1 heterocycles. The molecular weight excluding hydrogens is 278 g/mol. The third-order valence-electron chi connectivity index (χ3n) is 2.70. The molecule has 0 atom stereocenters. The Balaban J connectivity index is 2.93. The highest BCUT2D eigenvalue weighted by Crippen LogP contribution is 2.36. The molecule has 0 fully saturated rings. The molecule has 0 saturated heterocycles. The summed E-state index contributed by atoms with van der Waals surface area (Å²) in [4.78, 5) is 0.0406. The highest BCUT2D eigenvalue weighted by Gasteiger charge is 2.21. The third-order valence-corrected chi connectivity index (χ3v) is 4.05. The Labute approximate surface area is 109 Å². The largest absolute Gasteiger partial charge is 0.497 e. The standard InChI is InChI=1S/C11H12ClNO4S/c1-13-6-10(18(12,14)15)8-4-7(16-2)5-9(17-3)11(8)13/h4-6H,1-3H3. The number of ether oxygens (including phenoxy) is 2. The average Bonchev–Trinajstić information content (AvgIpc) is 2.65. The number of methoxy groups -OCH3 is 2. The fourth-order valence-corrected chi connectivity index (χ4v) is 2.98. The van der Waals surface area contributed by atoms with Crippen molar-refractivity contribution >= 4 is 30.6 Å². The molecule has 0 aliphatic carbocycles. The van der Waals surface area contributed by atoms with Crippen LogP contribution in [0.4, 0.5) is 0 Å². The molecule has 0 aliphatic rings. The lowest BCUT2D eigenvalue weighted by molar-refractivity contribution is 0.397. The number of benzene rings is 1. The maximum atomic E-state index is 11.5. The van der Waals surface area contributed by atoms with Crippen LogP contribution in [0.5, 0.6) is 11.5 Å². The van der Waals surface area contributed by atoms with E-state index in [0.717, 1.165) is 0 Å². The van der Waals surface area contributed by atoms with Crippen molar-refractivity contribution in [2.75, 3.05) is 14.2 Å². The van der Waals surface area contributed by atoms with Gasteiger partial charge in [-0.1, -0.05) is 0 Å². The average molecular weight is 290 g/mol. The van der Waals surface area contributed by atoms with Crippen LogP contribution in [0.3, 0.4) is 0 Å². The molecule has 0 amide bonds. The van der Waals surface area contributed by atoms with E-state index >= 15 is 0 Å². The van der Waals surface area contributed by atoms with Gasteiger partial charge in [-0.3, -0.25) is 0 Å². The molecule has 0 N–H and O–H groups in total. The van der Waals surface area contributed by atoms with E-state index in [9.17, 15) is 8.42 Å². The minimum Gasteiger partial charge on any atom is -0.497 e. The molecule has 1 aromatic carbocycles. The summed E-state index contributed by atoms with van der Waals surface area (Å²) in [5.74, 6) is 1.03. The summed E-state index contributed by atoms with van der Waals surface area (Å²) in [6, 6.07) is 3.31. The molecule has 2 rings (SSSR count). The van der Waals surface area contributed by atoms with E-state index in [1.807, 2.05) is 0 Å². The van der Waals surface area contributed by atoms with Crippen molar-refractivity contribution < 1.29 is 17.9 Å². The van der Waals surface area contributed by atoms with Gasteiger partial charge in [0.1, 0.15) is 16.4 Å². The predicted molar refractivity (Wildman–Crippen MR) is 69.1 cm³/mol. The third kappa shape index (κ3) is 2.02. The second-order valence-corrected chi connectivity index (χ2v) is 6.30. The first-order valence-electron chi connectivity index (χ1n) is 5.04. The summed E-state index contributed by atoms with van der Waals surface area (Å²) in [6.07, 6.45) is 1.45. The molecule has 18 heavy (non-hydrogen) atoms. The van der Waals surface area contributed by atoms with Gasteiger partial charge in [0.2, 0.25) is 0 Å². The highest BCUT2D eigenvalue weighted by molar-refractivity contribution is 8.14. The van der Waals surface area contributed by atoms with Crippen LogP contribution in [-0.4, -0.2) is 27.2 Å². The van der Waals surface area contributed by atoms with E-state index in [1.165, 1.54) is 20.4 Å². The smallest absolute Gasteiger partial charge is 0.263 e. The SMILES string of the molecule is COc1cc(OC)c2c(c1)c(S(=O)(=O)Cl)cn2C. The maximum absolute atomic E-state index is 11.5. The van der Waals surface area contributed by atoms with Crippen LogP contribution >= 0.6 is 10.7 Å². The first-order chi connectivity index (χ1) is 8.38. The van der Waals surface area contributed by atoms with Crippen molar-refractivity contribution in [1.82, 2.24) is 4.57 Å². The fraction of sp³-hybridized carbons (Fsp3) is 0.273. The van der Waals surface area contributed by atoms with Crippen LogP contribution in [0.2, 0.25) is 0 Å². The van der Waals surface area contributed by atoms with Gasteiger partial charge < -0.3 is 14.0 Å². The summed E-state index contributed by atoms with van der Waals surface area (Å²) >= 11 is 0. The van der Waals surface area contributed by atoms with Crippen molar-refractivity contribution in [1.29, 1.82) is 0 Å². The molecule has 0 radical (unpaired) electrons. The van der Waals surface area contributed by atoms with E-state index < -0.39 is 9.05 Å². The second-order valence-electron chi connectivity index (χ2n) is 3.77. The predicted octanol–water partition coefficient (Wildman–Crippen LogP) is 2.12. The number of aromatic nitrogens is 1. The number of rotatable bonds is 3. The number of hydrogen-bond acceptors (Lipinski definition) is 4. The van der Waals surface area contributed by atoms with Gasteiger partial charge in [0.05, 0.1) is 19.7 Å². The quantitative estimate of drug-likeness (QED) is 0.812. The highest BCUT2D eigenvalue weighted by atomic mass is 35.7. The molecule has 0 aliphatic heterocycles. The number of hydrogen-bond donors (Lipinski definition) is 0. The summed E-state index contributed by atoms with van der Waals surface area (Å²) in [7, 11) is 6.33. The molecular formula is C11H12ClNO4S. The van der Waals surface area contributed by atoms with Gasteiger partial charge in [0.25, 0.3) is 9.05 Å². The topological polar surface area (TPSA) is 57.5 Å². The van der Waals surface area contributed by atoms with Crippen LogP contribution in [0, 0.1) is 0 Å². The minimum atomic E-state index is -3.82. The lowest BCUT2D eigenvalue weighted by atomic mass is 10.2. The molecule has 7 heteroatoms. The maximum Gasteiger partial charge on any atom is 0.263 e. The number of nitrogens with zero attached hydrogens (tertiary/aromatic N) is 1. The number of halogens is 1. The van der Waals surface area contributed by atoms with Gasteiger partial charge in [-0.15, -0.1) is 0 Å². The van der Waals surface area contributed by atoms with Gasteiger partial charge in [0.15, 0.2) is 0 Å². The summed E-state index contributed by atoms with van der Waals surface area (Å²) < 4.78 is 35.1. The summed E-state index contributed by atoms with van der Waals surface area (Å²) in [5.41, 5.74) is 0.650.